The van der Waals surface area contributed by atoms with Gasteiger partial charge >= 0.3 is 5.97 Å². The molecule has 1 aliphatic carbocycles. The normalized spacial score (nSPS) is 21.0. The van der Waals surface area contributed by atoms with Gasteiger partial charge in [0.05, 0.1) is 5.92 Å². The molecule has 0 unspecified atom stereocenters. The van der Waals surface area contributed by atoms with Crippen LogP contribution in [0.2, 0.25) is 0 Å². The third-order valence-electron chi connectivity index (χ3n) is 5.98. The van der Waals surface area contributed by atoms with Crippen LogP contribution in [0.4, 0.5) is 5.69 Å². The van der Waals surface area contributed by atoms with Gasteiger partial charge in [-0.05, 0) is 42.9 Å². The van der Waals surface area contributed by atoms with Crippen molar-refractivity contribution in [1.29, 1.82) is 0 Å². The van der Waals surface area contributed by atoms with Crippen molar-refractivity contribution in [3.63, 3.8) is 0 Å². The lowest BCUT2D eigenvalue weighted by atomic mass is 9.99. The van der Waals surface area contributed by atoms with Crippen molar-refractivity contribution in [1.82, 2.24) is 4.90 Å². The number of hydrogen-bond donors (Lipinski definition) is 1. The maximum Gasteiger partial charge on any atom is 0.311 e. The predicted octanol–water partition coefficient (Wildman–Crippen LogP) is 3.47. The SMILES string of the molecule is CC[C@H](C)c1ccc(NC(=O)COC(=O)[C@@H]2CC(=O)N(C3CCCC3)C2)cc1. The van der Waals surface area contributed by atoms with Gasteiger partial charge in [-0.1, -0.05) is 38.8 Å². The number of esters is 1. The van der Waals surface area contributed by atoms with Crippen LogP contribution in [0.1, 0.15) is 63.9 Å². The molecule has 1 N–H and O–H groups in total. The number of ether oxygens (including phenoxy) is 1. The van der Waals surface area contributed by atoms with E-state index in [0.717, 1.165) is 32.1 Å². The molecule has 1 heterocycles. The van der Waals surface area contributed by atoms with Crippen LogP contribution < -0.4 is 5.32 Å². The fourth-order valence-electron chi connectivity index (χ4n) is 4.04. The fraction of sp³-hybridized carbons (Fsp3) is 0.591. The minimum Gasteiger partial charge on any atom is -0.455 e. The zero-order valence-electron chi connectivity index (χ0n) is 16.8. The highest BCUT2D eigenvalue weighted by Gasteiger charge is 2.39. The monoisotopic (exact) mass is 386 g/mol. The minimum absolute atomic E-state index is 0.0275. The van der Waals surface area contributed by atoms with Gasteiger partial charge in [-0.3, -0.25) is 14.4 Å². The standard InChI is InChI=1S/C22H30N2O4/c1-3-15(2)16-8-10-18(11-9-16)23-20(25)14-28-22(27)17-12-21(26)24(13-17)19-6-4-5-7-19/h8-11,15,17,19H,3-7,12-14H2,1-2H3,(H,23,25)/t15-,17+/m0/s1. The molecule has 6 nitrogen and oxygen atoms in total. The van der Waals surface area contributed by atoms with E-state index in [9.17, 15) is 14.4 Å². The fourth-order valence-corrected chi connectivity index (χ4v) is 4.04. The molecule has 1 aromatic rings. The lowest BCUT2D eigenvalue weighted by molar-refractivity contribution is -0.151. The van der Waals surface area contributed by atoms with E-state index >= 15 is 0 Å². The van der Waals surface area contributed by atoms with Crippen molar-refractivity contribution in [2.75, 3.05) is 18.5 Å². The Morgan fingerprint density at radius 1 is 1.21 bits per heavy atom. The summed E-state index contributed by atoms with van der Waals surface area (Å²) in [7, 11) is 0. The molecule has 1 saturated carbocycles. The van der Waals surface area contributed by atoms with Gasteiger partial charge in [0.25, 0.3) is 5.91 Å². The van der Waals surface area contributed by atoms with Gasteiger partial charge in [0, 0.05) is 24.7 Å². The zero-order valence-corrected chi connectivity index (χ0v) is 16.8. The number of likely N-dealkylation sites (tertiary alicyclic amines) is 1. The van der Waals surface area contributed by atoms with Gasteiger partial charge in [0.15, 0.2) is 6.61 Å². The smallest absolute Gasteiger partial charge is 0.311 e. The van der Waals surface area contributed by atoms with E-state index in [0.29, 0.717) is 18.2 Å². The number of carbonyl (C=O) groups excluding carboxylic acids is 3. The highest BCUT2D eigenvalue weighted by Crippen LogP contribution is 2.29. The van der Waals surface area contributed by atoms with Crippen LogP contribution in [0.15, 0.2) is 24.3 Å². The molecule has 2 amide bonds. The third-order valence-corrected chi connectivity index (χ3v) is 5.98. The van der Waals surface area contributed by atoms with E-state index in [1.807, 2.05) is 29.2 Å². The van der Waals surface area contributed by atoms with E-state index < -0.39 is 11.9 Å². The van der Waals surface area contributed by atoms with Crippen molar-refractivity contribution < 1.29 is 19.1 Å². The summed E-state index contributed by atoms with van der Waals surface area (Å²) >= 11 is 0. The molecular formula is C22H30N2O4. The number of anilines is 1. The van der Waals surface area contributed by atoms with E-state index in [1.54, 1.807) is 0 Å². The first-order valence-corrected chi connectivity index (χ1v) is 10.3. The molecule has 2 aliphatic rings. The van der Waals surface area contributed by atoms with Gasteiger partial charge in [-0.2, -0.15) is 0 Å². The van der Waals surface area contributed by atoms with E-state index in [4.69, 9.17) is 4.74 Å². The maximum atomic E-state index is 12.3. The molecule has 0 bridgehead atoms. The Morgan fingerprint density at radius 3 is 2.54 bits per heavy atom. The van der Waals surface area contributed by atoms with Crippen molar-refractivity contribution in [2.24, 2.45) is 5.92 Å². The molecule has 2 atom stereocenters. The number of hydrogen-bond acceptors (Lipinski definition) is 4. The van der Waals surface area contributed by atoms with Gasteiger partial charge in [-0.15, -0.1) is 0 Å². The second kappa shape index (κ2) is 9.22. The van der Waals surface area contributed by atoms with Gasteiger partial charge in [-0.25, -0.2) is 0 Å². The summed E-state index contributed by atoms with van der Waals surface area (Å²) in [4.78, 5) is 38.4. The van der Waals surface area contributed by atoms with Gasteiger partial charge < -0.3 is 15.0 Å². The van der Waals surface area contributed by atoms with Crippen molar-refractivity contribution >= 4 is 23.5 Å². The average Bonchev–Trinajstić information content (AvgIpc) is 3.35. The Balaban J connectivity index is 1.44. The summed E-state index contributed by atoms with van der Waals surface area (Å²) in [5.41, 5.74) is 1.90. The number of carbonyl (C=O) groups is 3. The molecule has 6 heteroatoms. The molecule has 28 heavy (non-hydrogen) atoms. The first-order valence-electron chi connectivity index (χ1n) is 10.3. The van der Waals surface area contributed by atoms with Crippen LogP contribution in [0.25, 0.3) is 0 Å². The lowest BCUT2D eigenvalue weighted by Gasteiger charge is -2.23. The molecule has 0 aromatic heterocycles. The molecule has 1 aliphatic heterocycles. The van der Waals surface area contributed by atoms with Crippen molar-refractivity contribution in [3.05, 3.63) is 29.8 Å². The topological polar surface area (TPSA) is 75.7 Å². The molecule has 1 saturated heterocycles. The first-order chi connectivity index (χ1) is 13.5. The van der Waals surface area contributed by atoms with Crippen LogP contribution in [-0.4, -0.2) is 41.9 Å². The number of nitrogens with zero attached hydrogens (tertiary/aromatic N) is 1. The molecular weight excluding hydrogens is 356 g/mol. The van der Waals surface area contributed by atoms with Crippen LogP contribution >= 0.6 is 0 Å². The molecule has 0 radical (unpaired) electrons. The molecule has 3 rings (SSSR count). The highest BCUT2D eigenvalue weighted by molar-refractivity contribution is 5.93. The van der Waals surface area contributed by atoms with E-state index in [-0.39, 0.29) is 30.9 Å². The Hall–Kier alpha value is -2.37. The zero-order chi connectivity index (χ0) is 20.1. The second-order valence-corrected chi connectivity index (χ2v) is 7.97. The van der Waals surface area contributed by atoms with Gasteiger partial charge in [0.1, 0.15) is 0 Å². The lowest BCUT2D eigenvalue weighted by Crippen LogP contribution is -2.35. The van der Waals surface area contributed by atoms with Gasteiger partial charge in [0.2, 0.25) is 5.91 Å². The van der Waals surface area contributed by atoms with Crippen LogP contribution in [0.3, 0.4) is 0 Å². The van der Waals surface area contributed by atoms with Crippen molar-refractivity contribution in [2.45, 2.75) is 64.3 Å². The van der Waals surface area contributed by atoms with Crippen LogP contribution in [-0.2, 0) is 19.1 Å². The van der Waals surface area contributed by atoms with Crippen LogP contribution in [0.5, 0.6) is 0 Å². The molecule has 1 aromatic carbocycles. The predicted molar refractivity (Wildman–Crippen MR) is 107 cm³/mol. The highest BCUT2D eigenvalue weighted by atomic mass is 16.5. The summed E-state index contributed by atoms with van der Waals surface area (Å²) in [5, 5.41) is 2.74. The summed E-state index contributed by atoms with van der Waals surface area (Å²) < 4.78 is 5.17. The minimum atomic E-state index is -0.462. The Labute approximate surface area is 166 Å². The first kappa shape index (κ1) is 20.4. The number of nitrogens with one attached hydrogen (secondary N) is 1. The summed E-state index contributed by atoms with van der Waals surface area (Å²) in [6.45, 7) is 4.38. The summed E-state index contributed by atoms with van der Waals surface area (Å²) in [6, 6.07) is 7.98. The number of benzene rings is 1. The Morgan fingerprint density at radius 2 is 1.89 bits per heavy atom. The average molecular weight is 386 g/mol. The maximum absolute atomic E-state index is 12.3. The van der Waals surface area contributed by atoms with Crippen molar-refractivity contribution in [3.8, 4) is 0 Å². The second-order valence-electron chi connectivity index (χ2n) is 7.97. The van der Waals surface area contributed by atoms with E-state index in [1.165, 1.54) is 5.56 Å². The summed E-state index contributed by atoms with van der Waals surface area (Å²) in [6.07, 6.45) is 5.57. The summed E-state index contributed by atoms with van der Waals surface area (Å²) in [5.74, 6) is -0.795. The molecule has 152 valence electrons. The number of amides is 2. The van der Waals surface area contributed by atoms with Crippen LogP contribution in [0, 0.1) is 5.92 Å². The molecule has 2 fully saturated rings. The molecule has 0 spiro atoms. The quantitative estimate of drug-likeness (QED) is 0.728. The Bertz CT molecular complexity index is 710. The van der Waals surface area contributed by atoms with E-state index in [2.05, 4.69) is 19.2 Å². The Kier molecular flexibility index (Phi) is 6.70. The number of rotatable bonds is 7. The third kappa shape index (κ3) is 4.91. The largest absolute Gasteiger partial charge is 0.455 e.